The minimum absolute atomic E-state index is 0.253. The summed E-state index contributed by atoms with van der Waals surface area (Å²) in [5, 5.41) is 8.55. The van der Waals surface area contributed by atoms with Crippen LogP contribution in [0.25, 0.3) is 16.2 Å². The van der Waals surface area contributed by atoms with Crippen LogP contribution in [0.3, 0.4) is 0 Å². The van der Waals surface area contributed by atoms with Crippen molar-refractivity contribution in [1.29, 1.82) is 0 Å². The van der Waals surface area contributed by atoms with E-state index in [1.165, 1.54) is 23.5 Å². The quantitative estimate of drug-likeness (QED) is 0.612. The Hall–Kier alpha value is -2.74. The molecular formula is C15H13FN6S. The summed E-state index contributed by atoms with van der Waals surface area (Å²) in [6.07, 6.45) is 7.31. The van der Waals surface area contributed by atoms with Crippen molar-refractivity contribution in [3.63, 3.8) is 0 Å². The molecule has 6 nitrogen and oxygen atoms in total. The summed E-state index contributed by atoms with van der Waals surface area (Å²) in [5.41, 5.74) is 1.66. The van der Waals surface area contributed by atoms with Crippen LogP contribution in [0.4, 0.5) is 9.52 Å². The van der Waals surface area contributed by atoms with Crippen molar-refractivity contribution in [3.05, 3.63) is 55.0 Å². The van der Waals surface area contributed by atoms with Gasteiger partial charge in [0.25, 0.3) is 0 Å². The van der Waals surface area contributed by atoms with Crippen LogP contribution in [-0.2, 0) is 6.54 Å². The van der Waals surface area contributed by atoms with Gasteiger partial charge in [0.1, 0.15) is 5.82 Å². The second kappa shape index (κ2) is 5.81. The van der Waals surface area contributed by atoms with E-state index in [1.54, 1.807) is 29.2 Å². The Labute approximate surface area is 135 Å². The van der Waals surface area contributed by atoms with Gasteiger partial charge in [-0.15, -0.1) is 5.10 Å². The molecule has 0 fully saturated rings. The van der Waals surface area contributed by atoms with E-state index in [0.717, 1.165) is 34.4 Å². The largest absolute Gasteiger partial charge is 0.358 e. The van der Waals surface area contributed by atoms with Crippen LogP contribution in [0, 0.1) is 5.82 Å². The minimum Gasteiger partial charge on any atom is -0.358 e. The van der Waals surface area contributed by atoms with E-state index in [4.69, 9.17) is 0 Å². The van der Waals surface area contributed by atoms with Gasteiger partial charge in [-0.3, -0.25) is 0 Å². The lowest BCUT2D eigenvalue weighted by molar-refractivity contribution is 0.628. The molecular weight excluding hydrogens is 315 g/mol. The molecule has 0 saturated heterocycles. The molecule has 0 radical (unpaired) electrons. The van der Waals surface area contributed by atoms with Crippen LogP contribution in [0.1, 0.15) is 0 Å². The van der Waals surface area contributed by atoms with Crippen molar-refractivity contribution in [1.82, 2.24) is 24.1 Å². The minimum atomic E-state index is -0.253. The molecule has 23 heavy (non-hydrogen) atoms. The monoisotopic (exact) mass is 328 g/mol. The standard InChI is InChI=1S/C15H13FN6S/c16-12-3-1-11(2-4-12)13-9-22-15(19-13)23-14(20-22)18-6-8-21-7-5-17-10-21/h1-5,7,9-10H,6,8H2,(H,18,20). The van der Waals surface area contributed by atoms with E-state index in [1.807, 2.05) is 17.0 Å². The summed E-state index contributed by atoms with van der Waals surface area (Å²) in [6, 6.07) is 6.29. The van der Waals surface area contributed by atoms with Crippen LogP contribution < -0.4 is 5.32 Å². The number of benzene rings is 1. The third-order valence-corrected chi connectivity index (χ3v) is 4.27. The van der Waals surface area contributed by atoms with Crippen molar-refractivity contribution >= 4 is 21.4 Å². The van der Waals surface area contributed by atoms with Gasteiger partial charge in [-0.2, -0.15) is 0 Å². The molecule has 1 N–H and O–H groups in total. The highest BCUT2D eigenvalue weighted by Crippen LogP contribution is 2.24. The fourth-order valence-electron chi connectivity index (χ4n) is 2.24. The van der Waals surface area contributed by atoms with Gasteiger partial charge >= 0.3 is 0 Å². The maximum atomic E-state index is 13.0. The average Bonchev–Trinajstić information content (AvgIpc) is 3.24. The normalized spacial score (nSPS) is 11.2. The molecule has 0 saturated carbocycles. The zero-order chi connectivity index (χ0) is 15.6. The third-order valence-electron chi connectivity index (χ3n) is 3.39. The summed E-state index contributed by atoms with van der Waals surface area (Å²) in [4.78, 5) is 9.34. The van der Waals surface area contributed by atoms with E-state index >= 15 is 0 Å². The molecule has 0 spiro atoms. The van der Waals surface area contributed by atoms with Gasteiger partial charge in [0, 0.05) is 31.0 Å². The number of fused-ring (bicyclic) bond motifs is 1. The maximum Gasteiger partial charge on any atom is 0.214 e. The maximum absolute atomic E-state index is 13.0. The van der Waals surface area contributed by atoms with Gasteiger partial charge in [-0.1, -0.05) is 11.3 Å². The second-order valence-corrected chi connectivity index (χ2v) is 5.95. The molecule has 0 atom stereocenters. The Morgan fingerprint density at radius 1 is 1.22 bits per heavy atom. The lowest BCUT2D eigenvalue weighted by Gasteiger charge is -2.02. The summed E-state index contributed by atoms with van der Waals surface area (Å²) < 4.78 is 16.7. The molecule has 0 amide bonds. The Bertz CT molecular complexity index is 878. The number of hydrogen-bond donors (Lipinski definition) is 1. The topological polar surface area (TPSA) is 60.0 Å². The number of imidazole rings is 2. The predicted molar refractivity (Wildman–Crippen MR) is 87.0 cm³/mol. The molecule has 1 aromatic carbocycles. The van der Waals surface area contributed by atoms with Crippen LogP contribution in [0.15, 0.2) is 49.2 Å². The molecule has 116 valence electrons. The lowest BCUT2D eigenvalue weighted by atomic mass is 10.2. The van der Waals surface area contributed by atoms with E-state index < -0.39 is 0 Å². The molecule has 3 aromatic heterocycles. The molecule has 4 aromatic rings. The number of aromatic nitrogens is 5. The highest BCUT2D eigenvalue weighted by molar-refractivity contribution is 7.20. The summed E-state index contributed by atoms with van der Waals surface area (Å²) in [5.74, 6) is -0.253. The van der Waals surface area contributed by atoms with Crippen molar-refractivity contribution < 1.29 is 4.39 Å². The van der Waals surface area contributed by atoms with Crippen molar-refractivity contribution in [2.75, 3.05) is 11.9 Å². The van der Waals surface area contributed by atoms with Crippen LogP contribution in [-0.4, -0.2) is 30.7 Å². The first kappa shape index (κ1) is 13.9. The van der Waals surface area contributed by atoms with E-state index in [2.05, 4.69) is 20.4 Å². The molecule has 0 aliphatic heterocycles. The molecule has 0 aliphatic carbocycles. The highest BCUT2D eigenvalue weighted by Gasteiger charge is 2.09. The SMILES string of the molecule is Fc1ccc(-c2cn3nc(NCCn4ccnc4)sc3n2)cc1. The molecule has 8 heteroatoms. The highest BCUT2D eigenvalue weighted by atomic mass is 32.1. The van der Waals surface area contributed by atoms with Crippen LogP contribution in [0.5, 0.6) is 0 Å². The first-order chi connectivity index (χ1) is 11.3. The Kier molecular flexibility index (Phi) is 3.51. The van der Waals surface area contributed by atoms with Gasteiger partial charge in [0.05, 0.1) is 18.2 Å². The van der Waals surface area contributed by atoms with Gasteiger partial charge in [0.15, 0.2) is 0 Å². The number of rotatable bonds is 5. The number of hydrogen-bond acceptors (Lipinski definition) is 5. The fraction of sp³-hybridized carbons (Fsp3) is 0.133. The Morgan fingerprint density at radius 2 is 2.09 bits per heavy atom. The average molecular weight is 328 g/mol. The third kappa shape index (κ3) is 2.93. The first-order valence-electron chi connectivity index (χ1n) is 7.10. The summed E-state index contributed by atoms with van der Waals surface area (Å²) in [6.45, 7) is 1.58. The van der Waals surface area contributed by atoms with Gasteiger partial charge < -0.3 is 9.88 Å². The lowest BCUT2D eigenvalue weighted by Crippen LogP contribution is -2.09. The Morgan fingerprint density at radius 3 is 2.83 bits per heavy atom. The van der Waals surface area contributed by atoms with Crippen LogP contribution in [0.2, 0.25) is 0 Å². The molecule has 4 rings (SSSR count). The van der Waals surface area contributed by atoms with E-state index in [9.17, 15) is 4.39 Å². The summed E-state index contributed by atoms with van der Waals surface area (Å²) in [7, 11) is 0. The van der Waals surface area contributed by atoms with Gasteiger partial charge in [0.2, 0.25) is 10.1 Å². The van der Waals surface area contributed by atoms with E-state index in [0.29, 0.717) is 0 Å². The number of anilines is 1. The van der Waals surface area contributed by atoms with Crippen molar-refractivity contribution in [2.45, 2.75) is 6.54 Å². The zero-order valence-electron chi connectivity index (χ0n) is 12.1. The Balaban J connectivity index is 1.47. The zero-order valence-corrected chi connectivity index (χ0v) is 12.9. The smallest absolute Gasteiger partial charge is 0.214 e. The molecule has 0 aliphatic rings. The number of nitrogens with zero attached hydrogens (tertiary/aromatic N) is 5. The van der Waals surface area contributed by atoms with Gasteiger partial charge in [-0.25, -0.2) is 18.9 Å². The second-order valence-electron chi connectivity index (χ2n) is 4.99. The predicted octanol–water partition coefficient (Wildman–Crippen LogP) is 2.91. The molecule has 3 heterocycles. The molecule has 0 unspecified atom stereocenters. The number of nitrogens with one attached hydrogen (secondary N) is 1. The summed E-state index contributed by atoms with van der Waals surface area (Å²) >= 11 is 1.48. The van der Waals surface area contributed by atoms with Crippen LogP contribution >= 0.6 is 11.3 Å². The molecule has 0 bridgehead atoms. The van der Waals surface area contributed by atoms with Crippen molar-refractivity contribution in [2.24, 2.45) is 0 Å². The number of halogens is 1. The fourth-order valence-corrected chi connectivity index (χ4v) is 3.05. The van der Waals surface area contributed by atoms with E-state index in [-0.39, 0.29) is 5.82 Å². The first-order valence-corrected chi connectivity index (χ1v) is 7.91. The van der Waals surface area contributed by atoms with Gasteiger partial charge in [-0.05, 0) is 24.3 Å². The van der Waals surface area contributed by atoms with Crippen molar-refractivity contribution in [3.8, 4) is 11.3 Å².